The Balaban J connectivity index is 1.65. The zero-order valence-corrected chi connectivity index (χ0v) is 13.9. The van der Waals surface area contributed by atoms with Crippen molar-refractivity contribution in [3.63, 3.8) is 0 Å². The molecule has 0 bridgehead atoms. The lowest BCUT2D eigenvalue weighted by atomic mass is 10.2. The molecule has 0 unspecified atom stereocenters. The number of benzene rings is 1. The number of amides is 2. The third-order valence-corrected chi connectivity index (χ3v) is 4.04. The van der Waals surface area contributed by atoms with Gasteiger partial charge in [0, 0.05) is 24.4 Å². The zero-order chi connectivity index (χ0) is 17.1. The number of hydrogen-bond acceptors (Lipinski definition) is 4. The van der Waals surface area contributed by atoms with Crippen LogP contribution in [0.15, 0.2) is 40.8 Å². The number of hydrogen-bond donors (Lipinski definition) is 1. The average Bonchev–Trinajstić information content (AvgIpc) is 3.16. The molecule has 2 amide bonds. The van der Waals surface area contributed by atoms with E-state index in [0.717, 1.165) is 5.69 Å². The Kier molecular flexibility index (Phi) is 4.87. The second-order valence-corrected chi connectivity index (χ2v) is 5.92. The predicted octanol–water partition coefficient (Wildman–Crippen LogP) is 2.61. The minimum absolute atomic E-state index is 0.158. The van der Waals surface area contributed by atoms with Crippen LogP contribution in [0.4, 0.5) is 5.69 Å². The number of furan rings is 1. The Morgan fingerprint density at radius 1 is 1.42 bits per heavy atom. The fraction of sp³-hybridized carbons (Fsp3) is 0.294. The van der Waals surface area contributed by atoms with E-state index < -0.39 is 11.9 Å². The van der Waals surface area contributed by atoms with Gasteiger partial charge in [0.15, 0.2) is 5.76 Å². The summed E-state index contributed by atoms with van der Waals surface area (Å²) in [6.07, 6.45) is 0.530. The van der Waals surface area contributed by atoms with Gasteiger partial charge in [-0.25, -0.2) is 0 Å². The van der Waals surface area contributed by atoms with Gasteiger partial charge in [-0.05, 0) is 36.8 Å². The largest absolute Gasteiger partial charge is 0.453 e. The molecule has 2 heterocycles. The first-order valence-corrected chi connectivity index (χ1v) is 7.92. The van der Waals surface area contributed by atoms with Crippen LogP contribution in [0.3, 0.4) is 0 Å². The fourth-order valence-electron chi connectivity index (χ4n) is 2.66. The molecular weight excluding hydrogens is 332 g/mol. The van der Waals surface area contributed by atoms with Crippen LogP contribution < -0.4 is 10.2 Å². The van der Waals surface area contributed by atoms with Crippen LogP contribution in [-0.4, -0.2) is 31.5 Å². The monoisotopic (exact) mass is 348 g/mol. The van der Waals surface area contributed by atoms with Crippen molar-refractivity contribution in [1.29, 1.82) is 0 Å². The van der Waals surface area contributed by atoms with E-state index in [1.54, 1.807) is 42.3 Å². The van der Waals surface area contributed by atoms with Crippen molar-refractivity contribution in [2.45, 2.75) is 19.1 Å². The summed E-state index contributed by atoms with van der Waals surface area (Å²) >= 11 is 5.97. The molecule has 1 fully saturated rings. The number of halogens is 1. The number of rotatable bonds is 5. The molecule has 7 heteroatoms. The molecule has 0 spiro atoms. The Morgan fingerprint density at radius 2 is 2.25 bits per heavy atom. The number of ether oxygens (including phenoxy) is 1. The van der Waals surface area contributed by atoms with Gasteiger partial charge in [-0.2, -0.15) is 0 Å². The first-order chi connectivity index (χ1) is 11.6. The van der Waals surface area contributed by atoms with Crippen molar-refractivity contribution >= 4 is 29.1 Å². The summed E-state index contributed by atoms with van der Waals surface area (Å²) < 4.78 is 10.3. The van der Waals surface area contributed by atoms with Crippen LogP contribution in [-0.2, 0) is 16.1 Å². The maximum atomic E-state index is 12.5. The Labute approximate surface area is 144 Å². The van der Waals surface area contributed by atoms with Gasteiger partial charge in [0.25, 0.3) is 5.91 Å². The van der Waals surface area contributed by atoms with Gasteiger partial charge in [-0.1, -0.05) is 17.7 Å². The van der Waals surface area contributed by atoms with Gasteiger partial charge in [0.05, 0.1) is 0 Å². The standard InChI is InChI=1S/C17H17ClN2O4/c1-23-10-13-5-6-15(24-13)16(21)19-14-7-8-20(17(14)22)12-4-2-3-11(18)9-12/h2-6,9,14H,7-8,10H2,1H3,(H,19,21)/t14-/m0/s1. The smallest absolute Gasteiger partial charge is 0.287 e. The van der Waals surface area contributed by atoms with Crippen molar-refractivity contribution in [3.8, 4) is 0 Å². The molecule has 3 rings (SSSR count). The van der Waals surface area contributed by atoms with E-state index in [-0.39, 0.29) is 18.3 Å². The molecule has 2 aromatic rings. The summed E-state index contributed by atoms with van der Waals surface area (Å²) in [5.41, 5.74) is 0.727. The summed E-state index contributed by atoms with van der Waals surface area (Å²) in [7, 11) is 1.55. The summed E-state index contributed by atoms with van der Waals surface area (Å²) in [6.45, 7) is 0.815. The lowest BCUT2D eigenvalue weighted by Gasteiger charge is -2.17. The summed E-state index contributed by atoms with van der Waals surface area (Å²) in [5, 5.41) is 3.28. The molecule has 1 N–H and O–H groups in total. The molecule has 0 radical (unpaired) electrons. The molecular formula is C17H17ClN2O4. The van der Waals surface area contributed by atoms with E-state index in [9.17, 15) is 9.59 Å². The van der Waals surface area contributed by atoms with Gasteiger partial charge < -0.3 is 19.4 Å². The molecule has 0 saturated carbocycles. The highest BCUT2D eigenvalue weighted by atomic mass is 35.5. The first kappa shape index (κ1) is 16.5. The van der Waals surface area contributed by atoms with Gasteiger partial charge in [0.1, 0.15) is 18.4 Å². The van der Waals surface area contributed by atoms with Crippen molar-refractivity contribution in [1.82, 2.24) is 5.32 Å². The highest BCUT2D eigenvalue weighted by molar-refractivity contribution is 6.31. The molecule has 0 aliphatic carbocycles. The Morgan fingerprint density at radius 3 is 3.00 bits per heavy atom. The third kappa shape index (κ3) is 3.44. The van der Waals surface area contributed by atoms with Gasteiger partial charge in [-0.15, -0.1) is 0 Å². The molecule has 1 aliphatic rings. The SMILES string of the molecule is COCc1ccc(C(=O)N[C@H]2CCN(c3cccc(Cl)c3)C2=O)o1. The molecule has 1 atom stereocenters. The van der Waals surface area contributed by atoms with Crippen molar-refractivity contribution in [2.24, 2.45) is 0 Å². The van der Waals surface area contributed by atoms with Crippen LogP contribution in [0.2, 0.25) is 5.02 Å². The topological polar surface area (TPSA) is 71.8 Å². The second-order valence-electron chi connectivity index (χ2n) is 5.48. The Bertz CT molecular complexity index is 759. The molecule has 1 aromatic heterocycles. The van der Waals surface area contributed by atoms with E-state index in [1.165, 1.54) is 0 Å². The lowest BCUT2D eigenvalue weighted by Crippen LogP contribution is -2.41. The predicted molar refractivity (Wildman–Crippen MR) is 89.1 cm³/mol. The Hall–Kier alpha value is -2.31. The average molecular weight is 349 g/mol. The van der Waals surface area contributed by atoms with E-state index in [2.05, 4.69) is 5.32 Å². The molecule has 24 heavy (non-hydrogen) atoms. The molecule has 1 aromatic carbocycles. The van der Waals surface area contributed by atoms with Crippen molar-refractivity contribution in [2.75, 3.05) is 18.6 Å². The minimum Gasteiger partial charge on any atom is -0.453 e. The number of anilines is 1. The van der Waals surface area contributed by atoms with Crippen LogP contribution in [0.1, 0.15) is 22.7 Å². The maximum Gasteiger partial charge on any atom is 0.287 e. The molecule has 1 aliphatic heterocycles. The zero-order valence-electron chi connectivity index (χ0n) is 13.1. The maximum absolute atomic E-state index is 12.5. The van der Waals surface area contributed by atoms with Crippen LogP contribution in [0, 0.1) is 0 Å². The number of nitrogens with one attached hydrogen (secondary N) is 1. The summed E-state index contributed by atoms with van der Waals surface area (Å²) in [6, 6.07) is 9.75. The van der Waals surface area contributed by atoms with E-state index in [1.807, 2.05) is 6.07 Å². The van der Waals surface area contributed by atoms with Crippen LogP contribution in [0.25, 0.3) is 0 Å². The number of methoxy groups -OCH3 is 1. The van der Waals surface area contributed by atoms with Crippen LogP contribution in [0.5, 0.6) is 0 Å². The fourth-order valence-corrected chi connectivity index (χ4v) is 2.85. The van der Waals surface area contributed by atoms with Gasteiger partial charge in [-0.3, -0.25) is 9.59 Å². The van der Waals surface area contributed by atoms with Gasteiger partial charge >= 0.3 is 0 Å². The molecule has 1 saturated heterocycles. The lowest BCUT2D eigenvalue weighted by molar-refractivity contribution is -0.118. The summed E-state index contributed by atoms with van der Waals surface area (Å²) in [5.74, 6) is 0.148. The summed E-state index contributed by atoms with van der Waals surface area (Å²) in [4.78, 5) is 26.4. The quantitative estimate of drug-likeness (QED) is 0.901. The minimum atomic E-state index is -0.576. The highest BCUT2D eigenvalue weighted by Gasteiger charge is 2.34. The normalized spacial score (nSPS) is 17.3. The van der Waals surface area contributed by atoms with E-state index in [0.29, 0.717) is 23.7 Å². The number of nitrogens with zero attached hydrogens (tertiary/aromatic N) is 1. The molecule has 126 valence electrons. The first-order valence-electron chi connectivity index (χ1n) is 7.54. The highest BCUT2D eigenvalue weighted by Crippen LogP contribution is 2.24. The number of carbonyl (C=O) groups excluding carboxylic acids is 2. The van der Waals surface area contributed by atoms with Crippen molar-refractivity contribution in [3.05, 3.63) is 52.9 Å². The van der Waals surface area contributed by atoms with Gasteiger partial charge in [0.2, 0.25) is 5.91 Å². The van der Waals surface area contributed by atoms with E-state index >= 15 is 0 Å². The van der Waals surface area contributed by atoms with E-state index in [4.69, 9.17) is 20.8 Å². The molecule has 6 nitrogen and oxygen atoms in total. The number of carbonyl (C=O) groups is 2. The van der Waals surface area contributed by atoms with Crippen molar-refractivity contribution < 1.29 is 18.7 Å². The van der Waals surface area contributed by atoms with Crippen LogP contribution >= 0.6 is 11.6 Å². The second kappa shape index (κ2) is 7.07. The third-order valence-electron chi connectivity index (χ3n) is 3.80.